The van der Waals surface area contributed by atoms with Crippen LogP contribution < -0.4 is 0 Å². The molecule has 3 heteroatoms. The molecule has 17 heavy (non-hydrogen) atoms. The molecule has 0 radical (unpaired) electrons. The summed E-state index contributed by atoms with van der Waals surface area (Å²) in [4.78, 5) is 10.6. The number of aromatic hydroxyl groups is 1. The van der Waals surface area contributed by atoms with Crippen LogP contribution in [-0.4, -0.2) is 16.2 Å². The van der Waals surface area contributed by atoms with Crippen LogP contribution in [0, 0.1) is 6.92 Å². The zero-order chi connectivity index (χ0) is 12.8. The zero-order valence-corrected chi connectivity index (χ0v) is 10.2. The van der Waals surface area contributed by atoms with Gasteiger partial charge in [-0.1, -0.05) is 25.5 Å². The molecule has 3 nitrogen and oxygen atoms in total. The van der Waals surface area contributed by atoms with Crippen molar-refractivity contribution in [3.63, 3.8) is 0 Å². The summed E-state index contributed by atoms with van der Waals surface area (Å²) in [6.07, 6.45) is 3.59. The van der Waals surface area contributed by atoms with Crippen LogP contribution in [0.4, 0.5) is 0 Å². The maximum Gasteiger partial charge on any atom is 0.307 e. The molecule has 0 heterocycles. The van der Waals surface area contributed by atoms with Gasteiger partial charge in [-0.25, -0.2) is 0 Å². The molecule has 1 rings (SSSR count). The molecule has 0 atom stereocenters. The van der Waals surface area contributed by atoms with Gasteiger partial charge in [-0.2, -0.15) is 0 Å². The van der Waals surface area contributed by atoms with Crippen molar-refractivity contribution < 1.29 is 15.0 Å². The van der Waals surface area contributed by atoms with Crippen LogP contribution in [0.25, 0.3) is 5.57 Å². The van der Waals surface area contributed by atoms with Gasteiger partial charge in [0.1, 0.15) is 5.75 Å². The predicted molar refractivity (Wildman–Crippen MR) is 68.0 cm³/mol. The number of phenols is 1. The van der Waals surface area contributed by atoms with E-state index < -0.39 is 5.97 Å². The second kappa shape index (κ2) is 6.09. The normalized spacial score (nSPS) is 11.5. The van der Waals surface area contributed by atoms with Crippen molar-refractivity contribution in [1.82, 2.24) is 0 Å². The Kier molecular flexibility index (Phi) is 4.76. The second-order valence-electron chi connectivity index (χ2n) is 4.08. The van der Waals surface area contributed by atoms with E-state index >= 15 is 0 Å². The minimum absolute atomic E-state index is 0.0370. The molecule has 1 aromatic rings. The summed E-state index contributed by atoms with van der Waals surface area (Å²) in [5, 5.41) is 18.2. The molecule has 0 bridgehead atoms. The van der Waals surface area contributed by atoms with E-state index in [0.29, 0.717) is 0 Å². The molecule has 0 fully saturated rings. The topological polar surface area (TPSA) is 57.5 Å². The monoisotopic (exact) mass is 234 g/mol. The Hall–Kier alpha value is -1.77. The first-order valence-electron chi connectivity index (χ1n) is 5.75. The lowest BCUT2D eigenvalue weighted by molar-refractivity contribution is -0.135. The first-order chi connectivity index (χ1) is 8.04. The first kappa shape index (κ1) is 13.3. The molecule has 2 N–H and O–H groups in total. The van der Waals surface area contributed by atoms with E-state index in [1.807, 2.05) is 19.1 Å². The van der Waals surface area contributed by atoms with Gasteiger partial charge in [0, 0.05) is 0 Å². The number of allylic oxidation sites excluding steroid dienone is 1. The van der Waals surface area contributed by atoms with Crippen LogP contribution in [0.3, 0.4) is 0 Å². The van der Waals surface area contributed by atoms with Gasteiger partial charge in [0.05, 0.1) is 6.42 Å². The van der Waals surface area contributed by atoms with Crippen molar-refractivity contribution in [2.75, 3.05) is 0 Å². The van der Waals surface area contributed by atoms with Crippen LogP contribution in [0.1, 0.15) is 37.3 Å². The number of aryl methyl sites for hydroxylation is 1. The molecule has 1 aromatic carbocycles. The summed E-state index contributed by atoms with van der Waals surface area (Å²) in [6, 6.07) is 5.36. The predicted octanol–water partition coefficient (Wildman–Crippen LogP) is 3.36. The fraction of sp³-hybridized carbons (Fsp3) is 0.357. The summed E-state index contributed by atoms with van der Waals surface area (Å²) in [6.45, 7) is 3.89. The maximum atomic E-state index is 10.6. The van der Waals surface area contributed by atoms with Gasteiger partial charge < -0.3 is 10.2 Å². The number of hydrogen-bond acceptors (Lipinski definition) is 2. The average Bonchev–Trinajstić information content (AvgIpc) is 2.28. The van der Waals surface area contributed by atoms with Crippen LogP contribution >= 0.6 is 0 Å². The molecular weight excluding hydrogens is 216 g/mol. The molecule has 0 amide bonds. The SMILES string of the molecule is CCC/C(=C\CC(=O)O)c1ccc(O)c(C)c1. The van der Waals surface area contributed by atoms with Crippen LogP contribution in [0.15, 0.2) is 24.3 Å². The van der Waals surface area contributed by atoms with Gasteiger partial charge in [-0.05, 0) is 42.2 Å². The van der Waals surface area contributed by atoms with Gasteiger partial charge >= 0.3 is 5.97 Å². The highest BCUT2D eigenvalue weighted by molar-refractivity contribution is 5.74. The molecule has 0 spiro atoms. The quantitative estimate of drug-likeness (QED) is 0.821. The van der Waals surface area contributed by atoms with Crippen LogP contribution in [0.2, 0.25) is 0 Å². The lowest BCUT2D eigenvalue weighted by atomic mass is 9.98. The molecule has 92 valence electrons. The molecule has 0 aromatic heterocycles. The summed E-state index contributed by atoms with van der Waals surface area (Å²) >= 11 is 0. The lowest BCUT2D eigenvalue weighted by Gasteiger charge is -2.08. The highest BCUT2D eigenvalue weighted by Crippen LogP contribution is 2.25. The molecular formula is C14H18O3. The van der Waals surface area contributed by atoms with Crippen LogP contribution in [-0.2, 0) is 4.79 Å². The molecule has 0 aliphatic heterocycles. The van der Waals surface area contributed by atoms with E-state index in [2.05, 4.69) is 6.92 Å². The number of hydrogen-bond donors (Lipinski definition) is 2. The zero-order valence-electron chi connectivity index (χ0n) is 10.2. The van der Waals surface area contributed by atoms with E-state index in [-0.39, 0.29) is 12.2 Å². The minimum atomic E-state index is -0.825. The Morgan fingerprint density at radius 1 is 1.41 bits per heavy atom. The minimum Gasteiger partial charge on any atom is -0.508 e. The standard InChI is InChI=1S/C14H18O3/c1-3-4-11(6-8-14(16)17)12-5-7-13(15)10(2)9-12/h5-7,9,15H,3-4,8H2,1-2H3,(H,16,17)/b11-6+. The van der Waals surface area contributed by atoms with Gasteiger partial charge in [-0.3, -0.25) is 4.79 Å². The summed E-state index contributed by atoms with van der Waals surface area (Å²) < 4.78 is 0. The fourth-order valence-electron chi connectivity index (χ4n) is 1.70. The number of benzene rings is 1. The Labute approximate surface area is 101 Å². The van der Waals surface area contributed by atoms with Gasteiger partial charge in [-0.15, -0.1) is 0 Å². The van der Waals surface area contributed by atoms with Gasteiger partial charge in [0.2, 0.25) is 0 Å². The van der Waals surface area contributed by atoms with E-state index in [4.69, 9.17) is 5.11 Å². The van der Waals surface area contributed by atoms with E-state index in [1.165, 1.54) is 0 Å². The molecule has 0 saturated heterocycles. The highest BCUT2D eigenvalue weighted by atomic mass is 16.4. The van der Waals surface area contributed by atoms with Gasteiger partial charge in [0.25, 0.3) is 0 Å². The van der Waals surface area contributed by atoms with E-state index in [0.717, 1.165) is 29.5 Å². The molecule has 0 aliphatic carbocycles. The number of carbonyl (C=O) groups is 1. The lowest BCUT2D eigenvalue weighted by Crippen LogP contribution is -1.93. The van der Waals surface area contributed by atoms with E-state index in [9.17, 15) is 9.90 Å². The summed E-state index contributed by atoms with van der Waals surface area (Å²) in [5.74, 6) is -0.558. The largest absolute Gasteiger partial charge is 0.508 e. The average molecular weight is 234 g/mol. The number of phenolic OH excluding ortho intramolecular Hbond substituents is 1. The summed E-state index contributed by atoms with van der Waals surface area (Å²) in [5.41, 5.74) is 2.82. The Morgan fingerprint density at radius 3 is 2.65 bits per heavy atom. The third-order valence-corrected chi connectivity index (χ3v) is 2.61. The Balaban J connectivity index is 3.00. The fourth-order valence-corrected chi connectivity index (χ4v) is 1.70. The molecule has 0 saturated carbocycles. The van der Waals surface area contributed by atoms with Crippen LogP contribution in [0.5, 0.6) is 5.75 Å². The molecule has 0 unspecified atom stereocenters. The first-order valence-corrected chi connectivity index (χ1v) is 5.75. The van der Waals surface area contributed by atoms with Crippen molar-refractivity contribution in [2.45, 2.75) is 33.1 Å². The number of carboxylic acid groups (broad SMARTS) is 1. The van der Waals surface area contributed by atoms with Crippen molar-refractivity contribution in [2.24, 2.45) is 0 Å². The molecule has 0 aliphatic rings. The smallest absolute Gasteiger partial charge is 0.307 e. The van der Waals surface area contributed by atoms with Crippen molar-refractivity contribution in [1.29, 1.82) is 0 Å². The number of carboxylic acids is 1. The Bertz CT molecular complexity index is 433. The summed E-state index contributed by atoms with van der Waals surface area (Å²) in [7, 11) is 0. The Morgan fingerprint density at radius 2 is 2.12 bits per heavy atom. The van der Waals surface area contributed by atoms with Crippen molar-refractivity contribution in [3.8, 4) is 5.75 Å². The maximum absolute atomic E-state index is 10.6. The number of aliphatic carboxylic acids is 1. The second-order valence-corrected chi connectivity index (χ2v) is 4.08. The van der Waals surface area contributed by atoms with E-state index in [1.54, 1.807) is 12.1 Å². The number of rotatable bonds is 5. The third-order valence-electron chi connectivity index (χ3n) is 2.61. The third kappa shape index (κ3) is 3.94. The van der Waals surface area contributed by atoms with Crippen molar-refractivity contribution in [3.05, 3.63) is 35.4 Å². The highest BCUT2D eigenvalue weighted by Gasteiger charge is 2.04. The van der Waals surface area contributed by atoms with Crippen molar-refractivity contribution >= 4 is 11.5 Å². The van der Waals surface area contributed by atoms with Gasteiger partial charge in [0.15, 0.2) is 0 Å².